The van der Waals surface area contributed by atoms with Gasteiger partial charge in [-0.2, -0.15) is 5.26 Å². The molecule has 2 N–H and O–H groups in total. The van der Waals surface area contributed by atoms with Crippen LogP contribution in [0.15, 0.2) is 54.6 Å². The SMILES string of the molecule is CN(CC[C@@H]1CCN(c2cc3c(cc2F)C(=O)N(C2CCC(=O)NC2=O)C3=O)C1)C1CCN(c2ccc(C(=O)NC3C(C)(C)C(Oc4ccc(C#N)c(Cl)c4)C3(C)C)cc2)CC1. The molecule has 5 aliphatic rings. The van der Waals surface area contributed by atoms with Crippen molar-refractivity contribution in [1.29, 1.82) is 5.26 Å². The Labute approximate surface area is 366 Å². The first-order valence-electron chi connectivity index (χ1n) is 21.5. The lowest BCUT2D eigenvalue weighted by atomic mass is 9.49. The number of rotatable bonds is 11. The monoisotopic (exact) mass is 865 g/mol. The summed E-state index contributed by atoms with van der Waals surface area (Å²) in [6.07, 6.45) is 3.70. The minimum absolute atomic E-state index is 0.0178. The third kappa shape index (κ3) is 7.90. The van der Waals surface area contributed by atoms with Crippen molar-refractivity contribution in [3.05, 3.63) is 87.7 Å². The molecule has 3 aromatic rings. The van der Waals surface area contributed by atoms with E-state index in [0.29, 0.717) is 46.9 Å². The summed E-state index contributed by atoms with van der Waals surface area (Å²) >= 11 is 6.25. The van der Waals surface area contributed by atoms with Crippen molar-refractivity contribution in [3.63, 3.8) is 0 Å². The molecule has 8 rings (SSSR count). The third-order valence-corrected chi connectivity index (χ3v) is 14.3. The van der Waals surface area contributed by atoms with Crippen LogP contribution in [-0.4, -0.2) is 103 Å². The molecule has 4 aliphatic heterocycles. The van der Waals surface area contributed by atoms with Crippen molar-refractivity contribution < 1.29 is 33.1 Å². The first kappa shape index (κ1) is 43.1. The zero-order chi connectivity index (χ0) is 44.2. The molecule has 15 heteroatoms. The maximum absolute atomic E-state index is 15.5. The van der Waals surface area contributed by atoms with Crippen molar-refractivity contribution in [2.45, 2.75) is 90.4 Å². The maximum Gasteiger partial charge on any atom is 0.262 e. The van der Waals surface area contributed by atoms with E-state index >= 15 is 4.39 Å². The van der Waals surface area contributed by atoms with Gasteiger partial charge in [-0.15, -0.1) is 0 Å². The average molecular weight is 866 g/mol. The van der Waals surface area contributed by atoms with E-state index in [1.54, 1.807) is 18.2 Å². The zero-order valence-corrected chi connectivity index (χ0v) is 36.6. The maximum atomic E-state index is 15.5. The van der Waals surface area contributed by atoms with E-state index < -0.39 is 35.5 Å². The summed E-state index contributed by atoms with van der Waals surface area (Å²) in [7, 11) is 2.17. The van der Waals surface area contributed by atoms with Crippen LogP contribution in [-0.2, 0) is 9.59 Å². The van der Waals surface area contributed by atoms with E-state index in [-0.39, 0.29) is 58.5 Å². The van der Waals surface area contributed by atoms with Gasteiger partial charge in [0, 0.05) is 72.8 Å². The Morgan fingerprint density at radius 3 is 2.24 bits per heavy atom. The Hall–Kier alpha value is -5.52. The molecular formula is C47H53ClFN7O6. The Balaban J connectivity index is 0.791. The minimum atomic E-state index is -1.10. The molecule has 4 fully saturated rings. The van der Waals surface area contributed by atoms with Crippen LogP contribution in [0.25, 0.3) is 0 Å². The van der Waals surface area contributed by atoms with Crippen molar-refractivity contribution in [2.75, 3.05) is 49.6 Å². The number of ether oxygens (including phenoxy) is 1. The highest BCUT2D eigenvalue weighted by atomic mass is 35.5. The fourth-order valence-corrected chi connectivity index (χ4v) is 11.0. The average Bonchev–Trinajstić information content (AvgIpc) is 3.81. The highest BCUT2D eigenvalue weighted by Gasteiger charge is 2.64. The van der Waals surface area contributed by atoms with Crippen LogP contribution in [0.2, 0.25) is 5.02 Å². The summed E-state index contributed by atoms with van der Waals surface area (Å²) < 4.78 is 21.9. The van der Waals surface area contributed by atoms with E-state index in [1.807, 2.05) is 29.2 Å². The van der Waals surface area contributed by atoms with Crippen molar-refractivity contribution >= 4 is 52.5 Å². The predicted molar refractivity (Wildman–Crippen MR) is 232 cm³/mol. The summed E-state index contributed by atoms with van der Waals surface area (Å²) in [5, 5.41) is 15.0. The van der Waals surface area contributed by atoms with Gasteiger partial charge in [-0.3, -0.25) is 34.2 Å². The number of nitriles is 1. The van der Waals surface area contributed by atoms with Gasteiger partial charge in [0.2, 0.25) is 11.8 Å². The number of carbonyl (C=O) groups excluding carboxylic acids is 5. The molecule has 0 aromatic heterocycles. The number of nitrogens with one attached hydrogen (secondary N) is 2. The van der Waals surface area contributed by atoms with Crippen molar-refractivity contribution in [3.8, 4) is 11.8 Å². The Morgan fingerprint density at radius 1 is 0.935 bits per heavy atom. The molecule has 326 valence electrons. The van der Waals surface area contributed by atoms with Gasteiger partial charge in [-0.05, 0) is 100 Å². The highest BCUT2D eigenvalue weighted by Crippen LogP contribution is 2.55. The van der Waals surface area contributed by atoms with Gasteiger partial charge < -0.3 is 24.8 Å². The summed E-state index contributed by atoms with van der Waals surface area (Å²) in [5.74, 6) is -2.29. The van der Waals surface area contributed by atoms with Crippen LogP contribution >= 0.6 is 11.6 Å². The number of benzene rings is 3. The number of hydrogen-bond acceptors (Lipinski definition) is 10. The number of amides is 5. The topological polar surface area (TPSA) is 155 Å². The molecule has 4 heterocycles. The fraction of sp³-hybridized carbons (Fsp3) is 0.489. The van der Waals surface area contributed by atoms with E-state index in [1.165, 1.54) is 6.07 Å². The summed E-state index contributed by atoms with van der Waals surface area (Å²) in [5.41, 5.74) is 1.65. The molecule has 2 atom stereocenters. The Kier molecular flexibility index (Phi) is 11.6. The van der Waals surface area contributed by atoms with Crippen LogP contribution in [0.4, 0.5) is 15.8 Å². The normalized spacial score (nSPS) is 24.5. The lowest BCUT2D eigenvalue weighted by molar-refractivity contribution is -0.164. The summed E-state index contributed by atoms with van der Waals surface area (Å²) in [4.78, 5) is 71.7. The third-order valence-electron chi connectivity index (χ3n) is 14.0. The molecule has 1 aliphatic carbocycles. The number of piperidine rings is 2. The van der Waals surface area contributed by atoms with Gasteiger partial charge in [0.05, 0.1) is 27.4 Å². The van der Waals surface area contributed by atoms with Crippen LogP contribution in [0, 0.1) is 33.9 Å². The molecule has 0 bridgehead atoms. The molecule has 0 spiro atoms. The predicted octanol–water partition coefficient (Wildman–Crippen LogP) is 6.18. The van der Waals surface area contributed by atoms with Crippen molar-refractivity contribution in [1.82, 2.24) is 20.4 Å². The Bertz CT molecular complexity index is 2340. The summed E-state index contributed by atoms with van der Waals surface area (Å²) in [6, 6.07) is 16.7. The number of halogens is 2. The molecule has 1 saturated carbocycles. The largest absolute Gasteiger partial charge is 0.489 e. The highest BCUT2D eigenvalue weighted by molar-refractivity contribution is 6.31. The first-order chi connectivity index (χ1) is 29.5. The second kappa shape index (κ2) is 16.6. The number of nitrogens with zero attached hydrogens (tertiary/aromatic N) is 5. The Morgan fingerprint density at radius 2 is 1.60 bits per heavy atom. The number of carbonyl (C=O) groups is 5. The number of hydrogen-bond donors (Lipinski definition) is 2. The molecule has 3 saturated heterocycles. The number of fused-ring (bicyclic) bond motifs is 1. The van der Waals surface area contributed by atoms with Crippen LogP contribution in [0.5, 0.6) is 5.75 Å². The molecule has 5 amide bonds. The van der Waals surface area contributed by atoms with E-state index in [0.717, 1.165) is 62.0 Å². The first-order valence-corrected chi connectivity index (χ1v) is 21.9. The summed E-state index contributed by atoms with van der Waals surface area (Å²) in [6.45, 7) is 12.3. The number of imide groups is 2. The van der Waals surface area contributed by atoms with Crippen molar-refractivity contribution in [2.24, 2.45) is 16.7 Å². The van der Waals surface area contributed by atoms with Crippen LogP contribution in [0.3, 0.4) is 0 Å². The van der Waals surface area contributed by atoms with E-state index in [4.69, 9.17) is 16.3 Å². The molecule has 0 radical (unpaired) electrons. The van der Waals surface area contributed by atoms with Gasteiger partial charge in [-0.25, -0.2) is 4.39 Å². The smallest absolute Gasteiger partial charge is 0.262 e. The van der Waals surface area contributed by atoms with Gasteiger partial charge in [0.25, 0.3) is 17.7 Å². The minimum Gasteiger partial charge on any atom is -0.489 e. The molecule has 62 heavy (non-hydrogen) atoms. The van der Waals surface area contributed by atoms with E-state index in [9.17, 15) is 29.2 Å². The van der Waals surface area contributed by atoms with Gasteiger partial charge in [0.1, 0.15) is 29.8 Å². The molecule has 3 aromatic carbocycles. The van der Waals surface area contributed by atoms with E-state index in [2.05, 4.69) is 61.2 Å². The fourth-order valence-electron chi connectivity index (χ4n) is 10.8. The second-order valence-corrected chi connectivity index (χ2v) is 19.1. The molecule has 13 nitrogen and oxygen atoms in total. The van der Waals surface area contributed by atoms with Gasteiger partial charge in [-0.1, -0.05) is 39.3 Å². The zero-order valence-electron chi connectivity index (χ0n) is 35.8. The van der Waals surface area contributed by atoms with Crippen LogP contribution in [0.1, 0.15) is 103 Å². The lowest BCUT2D eigenvalue weighted by Crippen LogP contribution is -2.74. The molecule has 1 unspecified atom stereocenters. The van der Waals surface area contributed by atoms with Crippen LogP contribution < -0.4 is 25.2 Å². The van der Waals surface area contributed by atoms with Gasteiger partial charge in [0.15, 0.2) is 0 Å². The van der Waals surface area contributed by atoms with Gasteiger partial charge >= 0.3 is 0 Å². The lowest BCUT2D eigenvalue weighted by Gasteiger charge is -2.63. The molecular weight excluding hydrogens is 813 g/mol. The quantitative estimate of drug-likeness (QED) is 0.214. The number of anilines is 2. The standard InChI is InChI=1S/C47H53ClFN7O6/c1-46(2)44(47(3,4)45(46)62-32-11-8-29(25-50)35(48)22-32)52-40(58)28-6-9-31(10-7-28)54-20-16-30(17-21-54)53(5)18-14-27-15-19-55(26-27)38-24-34-33(23-36(38)49)42(60)56(43(34)61)37-12-13-39(57)51-41(37)59/h6-11,22-24,27,30,37,44-45H,12-21,26H2,1-5H3,(H,52,58)(H,51,57,59)/t27-,37?,44?,45?/m1/s1. The second-order valence-electron chi connectivity index (χ2n) is 18.7.